The zero-order chi connectivity index (χ0) is 16.1. The van der Waals surface area contributed by atoms with Crippen molar-refractivity contribution in [3.63, 3.8) is 0 Å². The summed E-state index contributed by atoms with van der Waals surface area (Å²) in [5.74, 6) is 0.962. The average Bonchev–Trinajstić information content (AvgIpc) is 2.51. The van der Waals surface area contributed by atoms with Crippen LogP contribution in [0.15, 0.2) is 12.1 Å². The van der Waals surface area contributed by atoms with E-state index in [1.165, 1.54) is 19.3 Å². The lowest BCUT2D eigenvalue weighted by Crippen LogP contribution is -2.34. The lowest BCUT2D eigenvalue weighted by molar-refractivity contribution is -0.117. The largest absolute Gasteiger partial charge is 0.496 e. The summed E-state index contributed by atoms with van der Waals surface area (Å²) < 4.78 is 5.51. The van der Waals surface area contributed by atoms with Crippen LogP contribution >= 0.6 is 11.6 Å². The summed E-state index contributed by atoms with van der Waals surface area (Å²) in [6, 6.07) is 3.83. The molecule has 0 amide bonds. The number of likely N-dealkylation sites (tertiary alicyclic amines) is 1. The number of piperidine rings is 1. The van der Waals surface area contributed by atoms with E-state index < -0.39 is 0 Å². The summed E-state index contributed by atoms with van der Waals surface area (Å²) in [6.45, 7) is 3.74. The maximum Gasteiger partial charge on any atom is 0.129 e. The summed E-state index contributed by atoms with van der Waals surface area (Å²) in [5.41, 5.74) is 7.44. The van der Waals surface area contributed by atoms with Crippen LogP contribution in [0.5, 0.6) is 5.75 Å². The highest BCUT2D eigenvalue weighted by Crippen LogP contribution is 2.38. The molecule has 0 saturated carbocycles. The van der Waals surface area contributed by atoms with E-state index in [1.807, 2.05) is 6.07 Å². The number of hydrogen-bond acceptors (Lipinski definition) is 4. The molecule has 0 aromatic heterocycles. The molecule has 0 spiro atoms. The Hall–Kier alpha value is -1.26. The molecule has 1 heterocycles. The van der Waals surface area contributed by atoms with Gasteiger partial charge in [-0.1, -0.05) is 18.0 Å². The van der Waals surface area contributed by atoms with E-state index in [9.17, 15) is 4.79 Å². The van der Waals surface area contributed by atoms with Crippen molar-refractivity contribution in [1.29, 1.82) is 0 Å². The first-order chi connectivity index (χ1) is 10.5. The number of carbonyl (C=O) groups is 1. The van der Waals surface area contributed by atoms with E-state index in [0.717, 1.165) is 30.8 Å². The summed E-state index contributed by atoms with van der Waals surface area (Å²) in [4.78, 5) is 13.9. The van der Waals surface area contributed by atoms with Crippen molar-refractivity contribution in [2.24, 2.45) is 0 Å². The third-order valence-corrected chi connectivity index (χ3v) is 4.64. The van der Waals surface area contributed by atoms with E-state index in [0.29, 0.717) is 17.1 Å². The summed E-state index contributed by atoms with van der Waals surface area (Å²) in [5, 5.41) is 0.542. The van der Waals surface area contributed by atoms with Crippen LogP contribution in [0.1, 0.15) is 50.6 Å². The molecule has 1 aromatic rings. The van der Waals surface area contributed by atoms with Crippen molar-refractivity contribution in [1.82, 2.24) is 4.90 Å². The Morgan fingerprint density at radius 1 is 1.36 bits per heavy atom. The highest BCUT2D eigenvalue weighted by atomic mass is 35.5. The number of nitrogens with zero attached hydrogens (tertiary/aromatic N) is 1. The van der Waals surface area contributed by atoms with Crippen LogP contribution in [0.2, 0.25) is 5.02 Å². The quantitative estimate of drug-likeness (QED) is 0.808. The predicted molar refractivity (Wildman–Crippen MR) is 90.5 cm³/mol. The number of rotatable bonds is 6. The maximum absolute atomic E-state index is 11.4. The molecule has 1 aliphatic rings. The average molecular weight is 325 g/mol. The van der Waals surface area contributed by atoms with Gasteiger partial charge in [-0.15, -0.1) is 0 Å². The van der Waals surface area contributed by atoms with Gasteiger partial charge >= 0.3 is 0 Å². The standard InChI is InChI=1S/C17H25ClN2O2/c1-12(21)6-7-16(20-8-4-3-5-9-20)13-10-14(18)15(19)11-17(13)22-2/h10-11,16H,3-9,19H2,1-2H3. The van der Waals surface area contributed by atoms with Crippen molar-refractivity contribution < 1.29 is 9.53 Å². The van der Waals surface area contributed by atoms with Crippen LogP contribution in [0.3, 0.4) is 0 Å². The van der Waals surface area contributed by atoms with Crippen molar-refractivity contribution in [3.05, 3.63) is 22.7 Å². The van der Waals surface area contributed by atoms with E-state index in [4.69, 9.17) is 22.1 Å². The number of hydrogen-bond donors (Lipinski definition) is 1. The molecule has 1 aliphatic heterocycles. The SMILES string of the molecule is COc1cc(N)c(Cl)cc1C(CCC(C)=O)N1CCCCC1. The Morgan fingerprint density at radius 2 is 2.05 bits per heavy atom. The molecule has 1 saturated heterocycles. The number of carbonyl (C=O) groups excluding carboxylic acids is 1. The lowest BCUT2D eigenvalue weighted by Gasteiger charge is -2.35. The number of Topliss-reactive ketones (excluding diaryl/α,β-unsaturated/α-hetero) is 1. The zero-order valence-electron chi connectivity index (χ0n) is 13.4. The van der Waals surface area contributed by atoms with Crippen molar-refractivity contribution in [2.75, 3.05) is 25.9 Å². The molecule has 1 aromatic carbocycles. The Balaban J connectivity index is 2.34. The normalized spacial score (nSPS) is 17.2. The Labute approximate surface area is 137 Å². The number of ketones is 1. The molecule has 4 nitrogen and oxygen atoms in total. The molecule has 1 unspecified atom stereocenters. The molecule has 122 valence electrons. The molecule has 0 radical (unpaired) electrons. The van der Waals surface area contributed by atoms with E-state index in [-0.39, 0.29) is 11.8 Å². The van der Waals surface area contributed by atoms with Crippen molar-refractivity contribution >= 4 is 23.1 Å². The van der Waals surface area contributed by atoms with Crippen molar-refractivity contribution in [2.45, 2.75) is 45.1 Å². The van der Waals surface area contributed by atoms with E-state index in [2.05, 4.69) is 4.90 Å². The van der Waals surface area contributed by atoms with Gasteiger partial charge in [0.25, 0.3) is 0 Å². The fraction of sp³-hybridized carbons (Fsp3) is 0.588. The minimum atomic E-state index is 0.150. The van der Waals surface area contributed by atoms with Gasteiger partial charge in [0.1, 0.15) is 11.5 Å². The minimum Gasteiger partial charge on any atom is -0.496 e. The van der Waals surface area contributed by atoms with E-state index in [1.54, 1.807) is 20.1 Å². The number of anilines is 1. The number of ether oxygens (including phenoxy) is 1. The predicted octanol–water partition coefficient (Wildman–Crippen LogP) is 3.83. The fourth-order valence-electron chi connectivity index (χ4n) is 3.13. The van der Waals surface area contributed by atoms with Crippen LogP contribution in [0.25, 0.3) is 0 Å². The summed E-state index contributed by atoms with van der Waals surface area (Å²) in [7, 11) is 1.64. The first-order valence-electron chi connectivity index (χ1n) is 7.89. The third kappa shape index (κ3) is 4.14. The molecular formula is C17H25ClN2O2. The molecule has 2 N–H and O–H groups in total. The van der Waals surface area contributed by atoms with Gasteiger partial charge in [0.2, 0.25) is 0 Å². The molecule has 1 atom stereocenters. The second-order valence-electron chi connectivity index (χ2n) is 5.97. The first-order valence-corrected chi connectivity index (χ1v) is 8.27. The van der Waals surface area contributed by atoms with Gasteiger partial charge in [-0.2, -0.15) is 0 Å². The van der Waals surface area contributed by atoms with Crippen LogP contribution in [0.4, 0.5) is 5.69 Å². The lowest BCUT2D eigenvalue weighted by atomic mass is 9.95. The molecule has 0 bridgehead atoms. The van der Waals surface area contributed by atoms with Gasteiger partial charge in [0.05, 0.1) is 17.8 Å². The Morgan fingerprint density at radius 3 is 2.64 bits per heavy atom. The number of nitrogen functional groups attached to an aromatic ring is 1. The second kappa shape index (κ2) is 7.84. The molecule has 1 fully saturated rings. The number of halogens is 1. The Kier molecular flexibility index (Phi) is 6.09. The molecule has 0 aliphatic carbocycles. The van der Waals surface area contributed by atoms with Gasteiger partial charge in [-0.05, 0) is 45.3 Å². The van der Waals surface area contributed by atoms with Crippen molar-refractivity contribution in [3.8, 4) is 5.75 Å². The zero-order valence-corrected chi connectivity index (χ0v) is 14.2. The van der Waals surface area contributed by atoms with Gasteiger partial charge in [0.15, 0.2) is 0 Å². The highest BCUT2D eigenvalue weighted by molar-refractivity contribution is 6.33. The summed E-state index contributed by atoms with van der Waals surface area (Å²) in [6.07, 6.45) is 5.01. The number of benzene rings is 1. The smallest absolute Gasteiger partial charge is 0.129 e. The van der Waals surface area contributed by atoms with Crippen LogP contribution < -0.4 is 10.5 Å². The topological polar surface area (TPSA) is 55.6 Å². The Bertz CT molecular complexity index is 528. The number of nitrogens with two attached hydrogens (primary N) is 1. The number of methoxy groups -OCH3 is 1. The van der Waals surface area contributed by atoms with Crippen LogP contribution in [-0.2, 0) is 4.79 Å². The fourth-order valence-corrected chi connectivity index (χ4v) is 3.30. The molecule has 2 rings (SSSR count). The summed E-state index contributed by atoms with van der Waals surface area (Å²) >= 11 is 6.22. The van der Waals surface area contributed by atoms with Crippen LogP contribution in [0, 0.1) is 0 Å². The molecular weight excluding hydrogens is 300 g/mol. The first kappa shape index (κ1) is 17.1. The molecule has 5 heteroatoms. The second-order valence-corrected chi connectivity index (χ2v) is 6.38. The molecule has 22 heavy (non-hydrogen) atoms. The van der Waals surface area contributed by atoms with Gasteiger partial charge in [-0.25, -0.2) is 0 Å². The highest BCUT2D eigenvalue weighted by Gasteiger charge is 2.26. The minimum absolute atomic E-state index is 0.150. The van der Waals surface area contributed by atoms with E-state index >= 15 is 0 Å². The maximum atomic E-state index is 11.4. The van der Waals surface area contributed by atoms with Crippen LogP contribution in [-0.4, -0.2) is 30.9 Å². The monoisotopic (exact) mass is 324 g/mol. The van der Waals surface area contributed by atoms with Gasteiger partial charge < -0.3 is 15.3 Å². The third-order valence-electron chi connectivity index (χ3n) is 4.31. The van der Waals surface area contributed by atoms with Gasteiger partial charge in [0, 0.05) is 24.1 Å². The van der Waals surface area contributed by atoms with Gasteiger partial charge in [-0.3, -0.25) is 4.90 Å².